The van der Waals surface area contributed by atoms with E-state index in [9.17, 15) is 0 Å². The van der Waals surface area contributed by atoms with Gasteiger partial charge >= 0.3 is 0 Å². The van der Waals surface area contributed by atoms with E-state index < -0.39 is 0 Å². The zero-order valence-corrected chi connectivity index (χ0v) is 12.0. The zero-order chi connectivity index (χ0) is 13.5. The van der Waals surface area contributed by atoms with Crippen molar-refractivity contribution in [2.45, 2.75) is 39.3 Å². The second-order valence-electron chi connectivity index (χ2n) is 6.42. The zero-order valence-electron chi connectivity index (χ0n) is 12.0. The lowest BCUT2D eigenvalue weighted by molar-refractivity contribution is 0.590. The van der Waals surface area contributed by atoms with Crippen molar-refractivity contribution < 1.29 is 0 Å². The molecule has 0 amide bonds. The molecule has 1 nitrogen and oxygen atoms in total. The third-order valence-electron chi connectivity index (χ3n) is 3.94. The molecule has 98 valence electrons. The van der Waals surface area contributed by atoms with Crippen molar-refractivity contribution >= 4 is 5.69 Å². The average molecular weight is 251 g/mol. The van der Waals surface area contributed by atoms with E-state index in [1.54, 1.807) is 0 Å². The summed E-state index contributed by atoms with van der Waals surface area (Å²) < 4.78 is 0. The van der Waals surface area contributed by atoms with E-state index in [1.807, 2.05) is 0 Å². The van der Waals surface area contributed by atoms with Gasteiger partial charge in [-0.1, -0.05) is 57.2 Å². The van der Waals surface area contributed by atoms with Crippen molar-refractivity contribution in [2.75, 3.05) is 4.90 Å². The Morgan fingerprint density at radius 1 is 0.789 bits per heavy atom. The first-order valence-corrected chi connectivity index (χ1v) is 6.96. The predicted molar refractivity (Wildman–Crippen MR) is 81.5 cm³/mol. The highest BCUT2D eigenvalue weighted by molar-refractivity contribution is 5.53. The van der Waals surface area contributed by atoms with Crippen LogP contribution in [-0.2, 0) is 18.5 Å². The van der Waals surface area contributed by atoms with Gasteiger partial charge < -0.3 is 4.90 Å². The lowest BCUT2D eigenvalue weighted by Crippen LogP contribution is -2.15. The third-order valence-corrected chi connectivity index (χ3v) is 3.94. The molecule has 0 aromatic heterocycles. The van der Waals surface area contributed by atoms with Crippen LogP contribution in [0.5, 0.6) is 0 Å². The summed E-state index contributed by atoms with van der Waals surface area (Å²) in [5, 5.41) is 0. The van der Waals surface area contributed by atoms with E-state index in [4.69, 9.17) is 0 Å². The molecule has 2 aromatic rings. The monoisotopic (exact) mass is 251 g/mol. The molecule has 1 heterocycles. The molecule has 0 saturated heterocycles. The van der Waals surface area contributed by atoms with Crippen LogP contribution in [0.25, 0.3) is 0 Å². The highest BCUT2D eigenvalue weighted by atomic mass is 15.1. The second-order valence-corrected chi connectivity index (χ2v) is 6.42. The Morgan fingerprint density at radius 2 is 1.32 bits per heavy atom. The van der Waals surface area contributed by atoms with Crippen LogP contribution in [-0.4, -0.2) is 0 Å². The summed E-state index contributed by atoms with van der Waals surface area (Å²) in [6.07, 6.45) is 0. The highest BCUT2D eigenvalue weighted by Gasteiger charge is 2.19. The van der Waals surface area contributed by atoms with Gasteiger partial charge in [-0.3, -0.25) is 0 Å². The maximum atomic E-state index is 2.44. The van der Waals surface area contributed by atoms with Gasteiger partial charge in [0.2, 0.25) is 0 Å². The Morgan fingerprint density at radius 3 is 1.79 bits per heavy atom. The maximum absolute atomic E-state index is 2.44. The van der Waals surface area contributed by atoms with Gasteiger partial charge in [0.15, 0.2) is 0 Å². The third kappa shape index (κ3) is 2.37. The van der Waals surface area contributed by atoms with Crippen LogP contribution < -0.4 is 4.90 Å². The molecular weight excluding hydrogens is 230 g/mol. The van der Waals surface area contributed by atoms with E-state index in [-0.39, 0.29) is 5.41 Å². The summed E-state index contributed by atoms with van der Waals surface area (Å²) >= 11 is 0. The van der Waals surface area contributed by atoms with Crippen LogP contribution in [0.1, 0.15) is 37.5 Å². The van der Waals surface area contributed by atoms with E-state index in [2.05, 4.69) is 74.2 Å². The van der Waals surface area contributed by atoms with Crippen molar-refractivity contribution in [3.63, 3.8) is 0 Å². The summed E-state index contributed by atoms with van der Waals surface area (Å²) in [5.74, 6) is 0. The van der Waals surface area contributed by atoms with Crippen LogP contribution in [0.4, 0.5) is 5.69 Å². The molecule has 0 N–H and O–H groups in total. The van der Waals surface area contributed by atoms with E-state index in [1.165, 1.54) is 22.4 Å². The van der Waals surface area contributed by atoms with Crippen molar-refractivity contribution in [1.29, 1.82) is 0 Å². The minimum absolute atomic E-state index is 0.229. The van der Waals surface area contributed by atoms with Gasteiger partial charge in [0.1, 0.15) is 0 Å². The minimum atomic E-state index is 0.229. The molecule has 0 unspecified atom stereocenters. The number of benzene rings is 2. The van der Waals surface area contributed by atoms with Gasteiger partial charge in [0, 0.05) is 18.8 Å². The van der Waals surface area contributed by atoms with Crippen molar-refractivity contribution in [3.8, 4) is 0 Å². The van der Waals surface area contributed by atoms with E-state index in [0.29, 0.717) is 0 Å². The minimum Gasteiger partial charge on any atom is -0.363 e. The SMILES string of the molecule is CC(C)(C)c1ccc(N2Cc3ccccc3C2)cc1. The van der Waals surface area contributed by atoms with Gasteiger partial charge in [-0.15, -0.1) is 0 Å². The number of nitrogens with zero attached hydrogens (tertiary/aromatic N) is 1. The molecule has 0 spiro atoms. The summed E-state index contributed by atoms with van der Waals surface area (Å²) in [4.78, 5) is 2.44. The molecular formula is C18H21N. The smallest absolute Gasteiger partial charge is 0.0436 e. The summed E-state index contributed by atoms with van der Waals surface area (Å²) in [5.41, 5.74) is 5.87. The number of anilines is 1. The molecule has 0 fully saturated rings. The van der Waals surface area contributed by atoms with E-state index in [0.717, 1.165) is 13.1 Å². The van der Waals surface area contributed by atoms with Crippen LogP contribution in [0.2, 0.25) is 0 Å². The van der Waals surface area contributed by atoms with Crippen molar-refractivity contribution in [1.82, 2.24) is 0 Å². The number of rotatable bonds is 1. The van der Waals surface area contributed by atoms with Crippen molar-refractivity contribution in [3.05, 3.63) is 65.2 Å². The lowest BCUT2D eigenvalue weighted by Gasteiger charge is -2.22. The normalized spacial score (nSPS) is 14.6. The van der Waals surface area contributed by atoms with Crippen LogP contribution in [0.3, 0.4) is 0 Å². The standard InChI is InChI=1S/C18H21N/c1-18(2,3)16-8-10-17(11-9-16)19-12-14-6-4-5-7-15(14)13-19/h4-11H,12-13H2,1-3H3. The fourth-order valence-corrected chi connectivity index (χ4v) is 2.69. The number of hydrogen-bond acceptors (Lipinski definition) is 1. The van der Waals surface area contributed by atoms with Gasteiger partial charge in [-0.25, -0.2) is 0 Å². The highest BCUT2D eigenvalue weighted by Crippen LogP contribution is 2.30. The van der Waals surface area contributed by atoms with Crippen LogP contribution in [0.15, 0.2) is 48.5 Å². The molecule has 3 rings (SSSR count). The van der Waals surface area contributed by atoms with Gasteiger partial charge in [-0.05, 0) is 34.2 Å². The van der Waals surface area contributed by atoms with E-state index >= 15 is 0 Å². The van der Waals surface area contributed by atoms with Gasteiger partial charge in [0.25, 0.3) is 0 Å². The Hall–Kier alpha value is -1.76. The first-order chi connectivity index (χ1) is 9.04. The predicted octanol–water partition coefficient (Wildman–Crippen LogP) is 4.50. The maximum Gasteiger partial charge on any atom is 0.0436 e. The molecule has 0 atom stereocenters. The second kappa shape index (κ2) is 4.41. The Kier molecular flexibility index (Phi) is 2.85. The first-order valence-electron chi connectivity index (χ1n) is 6.96. The average Bonchev–Trinajstić information content (AvgIpc) is 2.81. The van der Waals surface area contributed by atoms with Gasteiger partial charge in [0.05, 0.1) is 0 Å². The fourth-order valence-electron chi connectivity index (χ4n) is 2.69. The summed E-state index contributed by atoms with van der Waals surface area (Å²) in [6.45, 7) is 8.84. The molecule has 2 aromatic carbocycles. The molecule has 19 heavy (non-hydrogen) atoms. The molecule has 0 radical (unpaired) electrons. The number of hydrogen-bond donors (Lipinski definition) is 0. The van der Waals surface area contributed by atoms with Crippen LogP contribution in [0, 0.1) is 0 Å². The van der Waals surface area contributed by atoms with Gasteiger partial charge in [-0.2, -0.15) is 0 Å². The van der Waals surface area contributed by atoms with Crippen molar-refractivity contribution in [2.24, 2.45) is 0 Å². The quantitative estimate of drug-likeness (QED) is 0.721. The van der Waals surface area contributed by atoms with Crippen LogP contribution >= 0.6 is 0 Å². The Bertz CT molecular complexity index is 550. The summed E-state index contributed by atoms with van der Waals surface area (Å²) in [6, 6.07) is 17.8. The number of fused-ring (bicyclic) bond motifs is 1. The molecule has 0 aliphatic carbocycles. The molecule has 0 saturated carbocycles. The fraction of sp³-hybridized carbons (Fsp3) is 0.333. The Labute approximate surface area is 115 Å². The molecule has 1 aliphatic rings. The largest absolute Gasteiger partial charge is 0.363 e. The molecule has 1 heteroatoms. The molecule has 1 aliphatic heterocycles. The molecule has 0 bridgehead atoms. The Balaban J connectivity index is 1.82. The first kappa shape index (κ1) is 12.3. The summed E-state index contributed by atoms with van der Waals surface area (Å²) in [7, 11) is 0. The lowest BCUT2D eigenvalue weighted by atomic mass is 9.87. The topological polar surface area (TPSA) is 3.24 Å².